The maximum absolute atomic E-state index is 13.5. The largest absolute Gasteiger partial charge is 0.507 e. The highest BCUT2D eigenvalue weighted by Crippen LogP contribution is 2.47. The number of hydrogen-bond acceptors (Lipinski definition) is 11. The van der Waals surface area contributed by atoms with Gasteiger partial charge < -0.3 is 36.2 Å². The van der Waals surface area contributed by atoms with Gasteiger partial charge in [0.25, 0.3) is 11.8 Å². The summed E-state index contributed by atoms with van der Waals surface area (Å²) in [6.45, 7) is 1.06. The van der Waals surface area contributed by atoms with Crippen LogP contribution < -0.4 is 26.0 Å². The summed E-state index contributed by atoms with van der Waals surface area (Å²) in [7, 11) is 1.37. The van der Waals surface area contributed by atoms with Crippen LogP contribution in [0.3, 0.4) is 0 Å². The zero-order valence-electron chi connectivity index (χ0n) is 29.8. The molecule has 3 aromatic carbocycles. The lowest BCUT2D eigenvalue weighted by atomic mass is 9.75. The van der Waals surface area contributed by atoms with Gasteiger partial charge in [-0.05, 0) is 49.9 Å². The summed E-state index contributed by atoms with van der Waals surface area (Å²) in [4.78, 5) is 101. The van der Waals surface area contributed by atoms with E-state index >= 15 is 0 Å². The van der Waals surface area contributed by atoms with Gasteiger partial charge >= 0.3 is 0 Å². The number of anilines is 1. The summed E-state index contributed by atoms with van der Waals surface area (Å²) in [6.07, 6.45) is 2.57. The number of ether oxygens (including phenoxy) is 1. The Morgan fingerprint density at radius 2 is 1.53 bits per heavy atom. The first-order chi connectivity index (χ1) is 26.3. The molecular formula is C39H37N5O11. The minimum absolute atomic E-state index is 0.0176. The standard InChI is InChI=1S/C39H37N5O11/c1-19(42-28(46)18-40-27(45)14-15-44-29(47)12-13-30(44)48)38(53)43-22-9-6-20(7-10-22)17-41-39(54)21-8-11-23-25(16-21)36(51)32-33(34(23)49)37(52)31-24(35(32)50)4-3-5-26(31)55-2/h3-7,9-10,12-13,19,21,49,51H,8,11,14-18H2,1-2H3,(H,40,45)(H,41,54)(H,42,46)(H,43,53). The van der Waals surface area contributed by atoms with E-state index in [0.717, 1.165) is 17.1 Å². The Bertz CT molecular complexity index is 2180. The number of amides is 6. The first-order valence-electron chi connectivity index (χ1n) is 17.4. The van der Waals surface area contributed by atoms with Gasteiger partial charge in [-0.1, -0.05) is 24.3 Å². The third kappa shape index (κ3) is 7.65. The molecule has 16 heteroatoms. The zero-order valence-corrected chi connectivity index (χ0v) is 29.8. The van der Waals surface area contributed by atoms with Crippen LogP contribution in [0.15, 0.2) is 54.6 Å². The Balaban J connectivity index is 0.981. The Morgan fingerprint density at radius 3 is 2.22 bits per heavy atom. The van der Waals surface area contributed by atoms with Crippen molar-refractivity contribution in [3.8, 4) is 17.2 Å². The van der Waals surface area contributed by atoms with Gasteiger partial charge in [0.2, 0.25) is 29.4 Å². The van der Waals surface area contributed by atoms with Crippen LogP contribution in [-0.2, 0) is 48.2 Å². The highest BCUT2D eigenvalue weighted by Gasteiger charge is 2.41. The van der Waals surface area contributed by atoms with Crippen molar-refractivity contribution in [3.63, 3.8) is 0 Å². The molecular weight excluding hydrogens is 714 g/mol. The number of ketones is 2. The van der Waals surface area contributed by atoms with Crippen molar-refractivity contribution in [2.24, 2.45) is 5.92 Å². The summed E-state index contributed by atoms with van der Waals surface area (Å²) in [6, 6.07) is 10.2. The quantitative estimate of drug-likeness (QED) is 0.0888. The predicted octanol–water partition coefficient (Wildman–Crippen LogP) is 1.18. The lowest BCUT2D eigenvalue weighted by Gasteiger charge is -2.29. The summed E-state index contributed by atoms with van der Waals surface area (Å²) < 4.78 is 5.28. The van der Waals surface area contributed by atoms with Crippen molar-refractivity contribution >= 4 is 52.7 Å². The number of nitrogens with zero attached hydrogens (tertiary/aromatic N) is 1. The number of imide groups is 1. The number of fused-ring (bicyclic) bond motifs is 3. The molecule has 6 N–H and O–H groups in total. The third-order valence-electron chi connectivity index (χ3n) is 9.76. The molecule has 0 spiro atoms. The highest BCUT2D eigenvalue weighted by molar-refractivity contribution is 6.31. The molecule has 0 saturated carbocycles. The van der Waals surface area contributed by atoms with E-state index in [0.29, 0.717) is 23.2 Å². The summed E-state index contributed by atoms with van der Waals surface area (Å²) >= 11 is 0. The molecule has 55 heavy (non-hydrogen) atoms. The van der Waals surface area contributed by atoms with Gasteiger partial charge in [-0.25, -0.2) is 0 Å². The molecule has 0 saturated heterocycles. The van der Waals surface area contributed by atoms with E-state index in [1.807, 2.05) is 0 Å². The van der Waals surface area contributed by atoms with Crippen molar-refractivity contribution < 1.29 is 53.3 Å². The predicted molar refractivity (Wildman–Crippen MR) is 193 cm³/mol. The number of phenols is 2. The number of hydrogen-bond donors (Lipinski definition) is 6. The molecule has 16 nitrogen and oxygen atoms in total. The van der Waals surface area contributed by atoms with Gasteiger partial charge in [-0.15, -0.1) is 0 Å². The van der Waals surface area contributed by atoms with Crippen LogP contribution in [0, 0.1) is 5.92 Å². The summed E-state index contributed by atoms with van der Waals surface area (Å²) in [5.41, 5.74) is 1.19. The van der Waals surface area contributed by atoms with Crippen LogP contribution in [0.5, 0.6) is 17.2 Å². The van der Waals surface area contributed by atoms with Gasteiger partial charge in [-0.3, -0.25) is 43.3 Å². The zero-order chi connectivity index (χ0) is 39.6. The average Bonchev–Trinajstić information content (AvgIpc) is 3.51. The molecule has 1 aliphatic heterocycles. The number of rotatable bonds is 12. The maximum atomic E-state index is 13.5. The fourth-order valence-electron chi connectivity index (χ4n) is 6.81. The van der Waals surface area contributed by atoms with Crippen molar-refractivity contribution in [2.45, 2.75) is 45.2 Å². The number of methoxy groups -OCH3 is 1. The van der Waals surface area contributed by atoms with Crippen molar-refractivity contribution in [3.05, 3.63) is 93.6 Å². The molecule has 2 aliphatic carbocycles. The van der Waals surface area contributed by atoms with E-state index in [9.17, 15) is 48.6 Å². The number of aromatic hydroxyl groups is 2. The molecule has 0 fully saturated rings. The van der Waals surface area contributed by atoms with E-state index in [1.165, 1.54) is 26.2 Å². The van der Waals surface area contributed by atoms with Crippen LogP contribution in [0.4, 0.5) is 5.69 Å². The van der Waals surface area contributed by atoms with Crippen LogP contribution in [0.25, 0.3) is 0 Å². The van der Waals surface area contributed by atoms with Gasteiger partial charge in [-0.2, -0.15) is 0 Å². The SMILES string of the molecule is COc1cccc2c1C(=O)c1c(O)c3c(c(O)c1C2=O)CC(C(=O)NCc1ccc(NC(=O)C(C)NC(=O)CNC(=O)CCN2C(=O)C=CC2=O)cc1)CC3. The Hall–Kier alpha value is -6.84. The minimum atomic E-state index is -0.959. The normalized spacial score (nSPS) is 16.1. The topological polar surface area (TPSA) is 238 Å². The maximum Gasteiger partial charge on any atom is 0.253 e. The Labute approximate surface area is 313 Å². The smallest absolute Gasteiger partial charge is 0.253 e. The van der Waals surface area contributed by atoms with Crippen molar-refractivity contribution in [2.75, 3.05) is 25.5 Å². The number of carbonyl (C=O) groups is 8. The average molecular weight is 752 g/mol. The molecule has 6 rings (SSSR count). The molecule has 3 aromatic rings. The second kappa shape index (κ2) is 15.6. The van der Waals surface area contributed by atoms with Crippen LogP contribution >= 0.6 is 0 Å². The van der Waals surface area contributed by atoms with Crippen molar-refractivity contribution in [1.82, 2.24) is 20.9 Å². The second-order valence-electron chi connectivity index (χ2n) is 13.3. The molecule has 1 heterocycles. The van der Waals surface area contributed by atoms with Crippen LogP contribution in [-0.4, -0.2) is 88.4 Å². The van der Waals surface area contributed by atoms with E-state index in [2.05, 4.69) is 21.3 Å². The lowest BCUT2D eigenvalue weighted by Crippen LogP contribution is -2.46. The van der Waals surface area contributed by atoms with E-state index in [-0.39, 0.29) is 77.6 Å². The molecule has 2 unspecified atom stereocenters. The first-order valence-corrected chi connectivity index (χ1v) is 17.4. The number of benzene rings is 3. The second-order valence-corrected chi connectivity index (χ2v) is 13.3. The van der Waals surface area contributed by atoms with E-state index in [1.54, 1.807) is 30.3 Å². The molecule has 0 radical (unpaired) electrons. The molecule has 0 aromatic heterocycles. The Morgan fingerprint density at radius 1 is 0.855 bits per heavy atom. The highest BCUT2D eigenvalue weighted by atomic mass is 16.5. The van der Waals surface area contributed by atoms with Gasteiger partial charge in [0, 0.05) is 60.0 Å². The molecule has 284 valence electrons. The first kappa shape index (κ1) is 37.9. The van der Waals surface area contributed by atoms with Crippen LogP contribution in [0.1, 0.15) is 68.3 Å². The minimum Gasteiger partial charge on any atom is -0.507 e. The van der Waals surface area contributed by atoms with Crippen molar-refractivity contribution in [1.29, 1.82) is 0 Å². The van der Waals surface area contributed by atoms with E-state index in [4.69, 9.17) is 4.74 Å². The Kier molecular flexibility index (Phi) is 10.8. The van der Waals surface area contributed by atoms with Crippen LogP contribution in [0.2, 0.25) is 0 Å². The fraction of sp³-hybridized carbons (Fsp3) is 0.282. The number of carbonyl (C=O) groups excluding carboxylic acids is 8. The summed E-state index contributed by atoms with van der Waals surface area (Å²) in [5, 5.41) is 32.9. The number of nitrogens with one attached hydrogen (secondary N) is 4. The monoisotopic (exact) mass is 751 g/mol. The lowest BCUT2D eigenvalue weighted by molar-refractivity contribution is -0.137. The molecule has 0 bridgehead atoms. The number of phenolic OH excluding ortho intramolecular Hbond substituents is 2. The van der Waals surface area contributed by atoms with Gasteiger partial charge in [0.05, 0.1) is 30.3 Å². The summed E-state index contributed by atoms with van der Waals surface area (Å²) in [5.74, 6) is -5.53. The van der Waals surface area contributed by atoms with Gasteiger partial charge in [0.1, 0.15) is 23.3 Å². The molecule has 6 amide bonds. The molecule has 3 aliphatic rings. The molecule has 2 atom stereocenters. The van der Waals surface area contributed by atoms with E-state index < -0.39 is 65.4 Å². The third-order valence-corrected chi connectivity index (χ3v) is 9.76. The fourth-order valence-corrected chi connectivity index (χ4v) is 6.81. The van der Waals surface area contributed by atoms with Gasteiger partial charge in [0.15, 0.2) is 5.78 Å².